The fraction of sp³-hybridized carbons (Fsp3) is 0.417. The van der Waals surface area contributed by atoms with Crippen LogP contribution in [0.3, 0.4) is 0 Å². The molecule has 2 N–H and O–H groups in total. The van der Waals surface area contributed by atoms with Crippen molar-refractivity contribution in [2.75, 3.05) is 5.73 Å². The van der Waals surface area contributed by atoms with E-state index in [1.165, 1.54) is 17.8 Å². The van der Waals surface area contributed by atoms with E-state index in [1.807, 2.05) is 6.92 Å². The molecule has 1 aromatic heterocycles. The number of halogens is 3. The first-order chi connectivity index (χ1) is 9.91. The van der Waals surface area contributed by atoms with Crippen molar-refractivity contribution in [3.05, 3.63) is 29.6 Å². The Morgan fingerprint density at radius 1 is 1.33 bits per heavy atom. The first-order valence-electron chi connectivity index (χ1n) is 6.26. The Kier molecular flexibility index (Phi) is 4.71. The van der Waals surface area contributed by atoms with Crippen LogP contribution >= 0.6 is 11.8 Å². The van der Waals surface area contributed by atoms with Crippen LogP contribution in [0.2, 0.25) is 0 Å². The number of hydrogen-bond donors (Lipinski definition) is 1. The van der Waals surface area contributed by atoms with Crippen molar-refractivity contribution >= 4 is 17.4 Å². The number of alkyl halides is 3. The Morgan fingerprint density at radius 2 is 2.10 bits per heavy atom. The Hall–Kier alpha value is -1.77. The van der Waals surface area contributed by atoms with Crippen molar-refractivity contribution < 1.29 is 13.2 Å². The Morgan fingerprint density at radius 3 is 2.71 bits per heavy atom. The molecular formula is C12H14F3N5S. The van der Waals surface area contributed by atoms with E-state index in [4.69, 9.17) is 5.73 Å². The normalized spacial score (nSPS) is 11.8. The Labute approximate surface area is 123 Å². The second kappa shape index (κ2) is 6.33. The lowest BCUT2D eigenvalue weighted by Crippen LogP contribution is -2.06. The zero-order valence-electron chi connectivity index (χ0n) is 11.3. The van der Waals surface area contributed by atoms with Gasteiger partial charge < -0.3 is 5.73 Å². The lowest BCUT2D eigenvalue weighted by Gasteiger charge is -2.10. The second-order valence-corrected chi connectivity index (χ2v) is 5.37. The van der Waals surface area contributed by atoms with E-state index in [-0.39, 0.29) is 5.69 Å². The van der Waals surface area contributed by atoms with Gasteiger partial charge in [0.2, 0.25) is 0 Å². The third-order valence-corrected chi connectivity index (χ3v) is 3.82. The number of benzene rings is 1. The van der Waals surface area contributed by atoms with E-state index in [0.717, 1.165) is 18.6 Å². The smallest absolute Gasteiger partial charge is 0.398 e. The number of hydrogen-bond acceptors (Lipinski definition) is 5. The van der Waals surface area contributed by atoms with Gasteiger partial charge in [0.25, 0.3) is 0 Å². The van der Waals surface area contributed by atoms with Gasteiger partial charge in [0.15, 0.2) is 5.82 Å². The number of thioether (sulfide) groups is 1. The van der Waals surface area contributed by atoms with Gasteiger partial charge in [-0.15, -0.1) is 16.9 Å². The molecule has 0 bridgehead atoms. The number of tetrazole rings is 1. The van der Waals surface area contributed by atoms with Crippen LogP contribution in [0.4, 0.5) is 18.9 Å². The van der Waals surface area contributed by atoms with Crippen LogP contribution < -0.4 is 5.73 Å². The molecule has 1 heterocycles. The zero-order chi connectivity index (χ0) is 15.5. The predicted octanol–water partition coefficient (Wildman–Crippen LogP) is 2.98. The highest BCUT2D eigenvalue weighted by Gasteiger charge is 2.30. The summed E-state index contributed by atoms with van der Waals surface area (Å²) in [5.41, 5.74) is 5.03. The summed E-state index contributed by atoms with van der Waals surface area (Å²) >= 11 is 1.31. The minimum absolute atomic E-state index is 0.101. The van der Waals surface area contributed by atoms with Crippen molar-refractivity contribution in [1.29, 1.82) is 0 Å². The molecule has 0 amide bonds. The highest BCUT2D eigenvalue weighted by Crippen LogP contribution is 2.34. The molecule has 0 saturated heterocycles. The largest absolute Gasteiger partial charge is 0.416 e. The number of nitrogen functional groups attached to an aromatic ring is 1. The molecule has 0 atom stereocenters. The lowest BCUT2D eigenvalue weighted by atomic mass is 10.2. The Bertz CT molecular complexity index is 611. The standard InChI is InChI=1S/C12H14F3N5S/c1-2-5-20-11(17-18-19-20)7-21-10-4-3-8(6-9(10)16)12(13,14)15/h3-4,6H,2,5,7,16H2,1H3. The number of nitrogens with two attached hydrogens (primary N) is 1. The molecule has 1 aromatic carbocycles. The minimum Gasteiger partial charge on any atom is -0.398 e. The van der Waals surface area contributed by atoms with Gasteiger partial charge in [-0.3, -0.25) is 0 Å². The van der Waals surface area contributed by atoms with Gasteiger partial charge in [0.05, 0.1) is 11.3 Å². The van der Waals surface area contributed by atoms with Gasteiger partial charge in [0.1, 0.15) is 0 Å². The number of nitrogens with zero attached hydrogens (tertiary/aromatic N) is 4. The minimum atomic E-state index is -4.39. The summed E-state index contributed by atoms with van der Waals surface area (Å²) in [5.74, 6) is 1.11. The summed E-state index contributed by atoms with van der Waals surface area (Å²) in [7, 11) is 0. The molecule has 0 spiro atoms. The highest BCUT2D eigenvalue weighted by molar-refractivity contribution is 7.98. The molecule has 5 nitrogen and oxygen atoms in total. The fourth-order valence-electron chi connectivity index (χ4n) is 1.71. The molecule has 0 aliphatic rings. The van der Waals surface area contributed by atoms with Crippen LogP contribution in [0.15, 0.2) is 23.1 Å². The van der Waals surface area contributed by atoms with Gasteiger partial charge in [-0.25, -0.2) is 4.68 Å². The molecule has 0 fully saturated rings. The van der Waals surface area contributed by atoms with Crippen LogP contribution in [0.5, 0.6) is 0 Å². The van der Waals surface area contributed by atoms with Gasteiger partial charge in [-0.05, 0) is 35.0 Å². The summed E-state index contributed by atoms with van der Waals surface area (Å²) in [6, 6.07) is 3.34. The monoisotopic (exact) mass is 317 g/mol. The van der Waals surface area contributed by atoms with Crippen LogP contribution in [-0.4, -0.2) is 20.2 Å². The number of aromatic nitrogens is 4. The van der Waals surface area contributed by atoms with E-state index in [9.17, 15) is 13.2 Å². The number of anilines is 1. The fourth-order valence-corrected chi connectivity index (χ4v) is 2.59. The number of rotatable bonds is 5. The van der Waals surface area contributed by atoms with Gasteiger partial charge in [0, 0.05) is 17.1 Å². The molecule has 21 heavy (non-hydrogen) atoms. The molecule has 0 saturated carbocycles. The first-order valence-corrected chi connectivity index (χ1v) is 7.25. The summed E-state index contributed by atoms with van der Waals surface area (Å²) in [4.78, 5) is 0.578. The summed E-state index contributed by atoms with van der Waals surface area (Å²) in [5, 5.41) is 11.3. The lowest BCUT2D eigenvalue weighted by molar-refractivity contribution is -0.137. The van der Waals surface area contributed by atoms with Gasteiger partial charge in [-0.2, -0.15) is 13.2 Å². The molecule has 9 heteroatoms. The quantitative estimate of drug-likeness (QED) is 0.678. The van der Waals surface area contributed by atoms with E-state index in [0.29, 0.717) is 23.0 Å². The van der Waals surface area contributed by atoms with Gasteiger partial charge in [-0.1, -0.05) is 6.92 Å². The van der Waals surface area contributed by atoms with Crippen molar-refractivity contribution in [2.24, 2.45) is 0 Å². The summed E-state index contributed by atoms with van der Waals surface area (Å²) in [6.45, 7) is 2.71. The topological polar surface area (TPSA) is 69.6 Å². The second-order valence-electron chi connectivity index (χ2n) is 4.36. The third-order valence-electron chi connectivity index (χ3n) is 2.74. The van der Waals surface area contributed by atoms with Gasteiger partial charge >= 0.3 is 6.18 Å². The van der Waals surface area contributed by atoms with Crippen molar-refractivity contribution in [2.45, 2.75) is 36.7 Å². The maximum Gasteiger partial charge on any atom is 0.416 e. The molecule has 2 rings (SSSR count). The number of aryl methyl sites for hydroxylation is 1. The van der Waals surface area contributed by atoms with Crippen molar-refractivity contribution in [3.63, 3.8) is 0 Å². The first kappa shape index (κ1) is 15.6. The SMILES string of the molecule is CCCn1nnnc1CSc1ccc(C(F)(F)F)cc1N. The summed E-state index contributed by atoms with van der Waals surface area (Å²) in [6.07, 6.45) is -3.49. The van der Waals surface area contributed by atoms with Crippen LogP contribution in [0, 0.1) is 0 Å². The van der Waals surface area contributed by atoms with Crippen LogP contribution in [0.1, 0.15) is 24.7 Å². The van der Waals surface area contributed by atoms with E-state index < -0.39 is 11.7 Å². The van der Waals surface area contributed by atoms with Crippen LogP contribution in [-0.2, 0) is 18.5 Å². The maximum atomic E-state index is 12.6. The molecule has 0 unspecified atom stereocenters. The van der Waals surface area contributed by atoms with E-state index >= 15 is 0 Å². The Balaban J connectivity index is 2.08. The van der Waals surface area contributed by atoms with Crippen molar-refractivity contribution in [3.8, 4) is 0 Å². The molecule has 0 aliphatic heterocycles. The maximum absolute atomic E-state index is 12.6. The summed E-state index contributed by atoms with van der Waals surface area (Å²) < 4.78 is 39.3. The molecule has 2 aromatic rings. The molecule has 114 valence electrons. The molecule has 0 aliphatic carbocycles. The molecular weight excluding hydrogens is 303 g/mol. The van der Waals surface area contributed by atoms with E-state index in [1.54, 1.807) is 4.68 Å². The third kappa shape index (κ3) is 3.87. The molecule has 0 radical (unpaired) electrons. The zero-order valence-corrected chi connectivity index (χ0v) is 12.1. The predicted molar refractivity (Wildman–Crippen MR) is 73.5 cm³/mol. The van der Waals surface area contributed by atoms with E-state index in [2.05, 4.69) is 15.5 Å². The highest BCUT2D eigenvalue weighted by atomic mass is 32.2. The average Bonchev–Trinajstić information content (AvgIpc) is 2.84. The average molecular weight is 317 g/mol. The van der Waals surface area contributed by atoms with Crippen molar-refractivity contribution in [1.82, 2.24) is 20.2 Å². The van der Waals surface area contributed by atoms with Crippen LogP contribution in [0.25, 0.3) is 0 Å².